The van der Waals surface area contributed by atoms with Gasteiger partial charge < -0.3 is 10.5 Å². The Kier molecular flexibility index (Phi) is 7.14. The largest absolute Gasteiger partial charge is 0.497 e. The third-order valence-corrected chi connectivity index (χ3v) is 5.55. The highest BCUT2D eigenvalue weighted by atomic mass is 32.1. The molecule has 0 spiro atoms. The van der Waals surface area contributed by atoms with Crippen molar-refractivity contribution in [3.05, 3.63) is 58.6 Å². The van der Waals surface area contributed by atoms with E-state index in [1.807, 2.05) is 0 Å². The Morgan fingerprint density at radius 2 is 2.10 bits per heavy atom. The van der Waals surface area contributed by atoms with Crippen LogP contribution < -0.4 is 11.2 Å². The molecule has 30 heavy (non-hydrogen) atoms. The summed E-state index contributed by atoms with van der Waals surface area (Å²) in [6.45, 7) is 2.00. The average molecular weight is 440 g/mol. The van der Waals surface area contributed by atoms with E-state index in [1.165, 1.54) is 24.1 Å². The van der Waals surface area contributed by atoms with Gasteiger partial charge in [-0.25, -0.2) is 18.2 Å². The van der Waals surface area contributed by atoms with Crippen molar-refractivity contribution >= 4 is 23.1 Å². The Hall–Kier alpha value is -2.39. The van der Waals surface area contributed by atoms with Gasteiger partial charge in [-0.05, 0) is 44.0 Å². The summed E-state index contributed by atoms with van der Waals surface area (Å²) < 4.78 is 47.6. The Morgan fingerprint density at radius 3 is 2.77 bits per heavy atom. The minimum atomic E-state index is -0.846. The molecule has 3 N–H and O–H groups in total. The van der Waals surface area contributed by atoms with Gasteiger partial charge >= 0.3 is 0 Å². The predicted molar refractivity (Wildman–Crippen MR) is 111 cm³/mol. The van der Waals surface area contributed by atoms with Crippen LogP contribution >= 0.6 is 12.2 Å². The lowest BCUT2D eigenvalue weighted by molar-refractivity contribution is -0.134. The molecule has 0 saturated heterocycles. The second kappa shape index (κ2) is 9.61. The van der Waals surface area contributed by atoms with Crippen LogP contribution in [0.25, 0.3) is 0 Å². The van der Waals surface area contributed by atoms with Crippen LogP contribution in [0.15, 0.2) is 41.4 Å². The lowest BCUT2D eigenvalue weighted by atomic mass is 9.86. The van der Waals surface area contributed by atoms with Gasteiger partial charge in [0.1, 0.15) is 28.2 Å². The number of allylic oxidation sites excluding steroid dienone is 2. The van der Waals surface area contributed by atoms with Crippen molar-refractivity contribution in [2.24, 2.45) is 11.7 Å². The summed E-state index contributed by atoms with van der Waals surface area (Å²) in [6.07, 6.45) is 3.38. The fourth-order valence-corrected chi connectivity index (χ4v) is 4.10. The van der Waals surface area contributed by atoms with Crippen LogP contribution in [0.1, 0.15) is 38.2 Å². The first kappa shape index (κ1) is 22.3. The molecular formula is C21H24F3N3O2S. The lowest BCUT2D eigenvalue weighted by Gasteiger charge is -2.41. The van der Waals surface area contributed by atoms with E-state index in [4.69, 9.17) is 22.7 Å². The Balaban J connectivity index is 1.99. The normalized spacial score (nSPS) is 21.2. The molecule has 1 aromatic rings. The zero-order chi connectivity index (χ0) is 21.8. The standard InChI is InChI=1S/C21H24F3N3O2S/c1-12(28)27(26-21(30)16-6-5-15(23)10-18(16)24)20-13(7-8-25)11-29-19-4-2-3-14(22)9-17(19)20/h5-6,9-10,13,20H,2-4,7-8,11,25H2,1H3,(H,26,30). The maximum absolute atomic E-state index is 14.3. The third kappa shape index (κ3) is 4.84. The van der Waals surface area contributed by atoms with E-state index in [-0.39, 0.29) is 28.7 Å². The Bertz CT molecular complexity index is 903. The molecule has 3 rings (SSSR count). The number of benzene rings is 1. The van der Waals surface area contributed by atoms with Gasteiger partial charge in [0.05, 0.1) is 12.6 Å². The monoisotopic (exact) mass is 439 g/mol. The predicted octanol–water partition coefficient (Wildman–Crippen LogP) is 3.65. The smallest absolute Gasteiger partial charge is 0.238 e. The number of carbonyl (C=O) groups excluding carboxylic acids is 1. The van der Waals surface area contributed by atoms with E-state index >= 15 is 0 Å². The number of nitrogens with one attached hydrogen (secondary N) is 1. The zero-order valence-electron chi connectivity index (χ0n) is 16.6. The average Bonchev–Trinajstić information content (AvgIpc) is 2.87. The van der Waals surface area contributed by atoms with E-state index in [2.05, 4.69) is 5.43 Å². The fraction of sp³-hybridized carbons (Fsp3) is 0.429. The number of hydrogen-bond donors (Lipinski definition) is 2. The van der Waals surface area contributed by atoms with Crippen LogP contribution in [-0.2, 0) is 9.53 Å². The van der Waals surface area contributed by atoms with E-state index in [0.29, 0.717) is 43.7 Å². The van der Waals surface area contributed by atoms with E-state index < -0.39 is 23.6 Å². The van der Waals surface area contributed by atoms with Gasteiger partial charge in [-0.15, -0.1) is 0 Å². The first-order chi connectivity index (χ1) is 14.3. The number of halogens is 3. The summed E-state index contributed by atoms with van der Waals surface area (Å²) in [6, 6.07) is 2.41. The molecule has 1 aromatic carbocycles. The Morgan fingerprint density at radius 1 is 1.33 bits per heavy atom. The number of carbonyl (C=O) groups is 1. The molecule has 2 atom stereocenters. The van der Waals surface area contributed by atoms with Crippen LogP contribution in [0.2, 0.25) is 0 Å². The first-order valence-corrected chi connectivity index (χ1v) is 10.2. The number of thiocarbonyl (C=S) groups is 1. The van der Waals surface area contributed by atoms with Crippen LogP contribution in [0.5, 0.6) is 0 Å². The van der Waals surface area contributed by atoms with Crippen molar-refractivity contribution in [3.8, 4) is 0 Å². The Labute approximate surface area is 178 Å². The minimum absolute atomic E-state index is 0.0446. The van der Waals surface area contributed by atoms with Crippen LogP contribution in [0, 0.1) is 17.6 Å². The van der Waals surface area contributed by atoms with Gasteiger partial charge in [-0.3, -0.25) is 10.2 Å². The summed E-state index contributed by atoms with van der Waals surface area (Å²) in [5.41, 5.74) is 9.06. The van der Waals surface area contributed by atoms with Crippen LogP contribution in [0.4, 0.5) is 13.2 Å². The highest BCUT2D eigenvalue weighted by molar-refractivity contribution is 7.80. The molecule has 2 unspecified atom stereocenters. The molecule has 1 heterocycles. The molecule has 1 aliphatic carbocycles. The molecule has 9 heteroatoms. The molecule has 0 fully saturated rings. The van der Waals surface area contributed by atoms with Gasteiger partial charge in [0.25, 0.3) is 0 Å². The molecule has 0 saturated carbocycles. The van der Waals surface area contributed by atoms with Gasteiger partial charge in [-0.2, -0.15) is 0 Å². The molecule has 0 bridgehead atoms. The summed E-state index contributed by atoms with van der Waals surface area (Å²) in [4.78, 5) is 12.5. The van der Waals surface area contributed by atoms with E-state index in [9.17, 15) is 18.0 Å². The number of hydrazine groups is 1. The molecule has 0 aromatic heterocycles. The highest BCUT2D eigenvalue weighted by Crippen LogP contribution is 2.36. The zero-order valence-corrected chi connectivity index (χ0v) is 17.4. The van der Waals surface area contributed by atoms with Crippen molar-refractivity contribution < 1.29 is 22.7 Å². The van der Waals surface area contributed by atoms with Crippen molar-refractivity contribution in [3.63, 3.8) is 0 Å². The number of nitrogens with two attached hydrogens (primary N) is 1. The summed E-state index contributed by atoms with van der Waals surface area (Å²) >= 11 is 5.29. The molecule has 0 radical (unpaired) electrons. The molecule has 2 aliphatic rings. The lowest BCUT2D eigenvalue weighted by Crippen LogP contribution is -2.56. The maximum Gasteiger partial charge on any atom is 0.238 e. The summed E-state index contributed by atoms with van der Waals surface area (Å²) in [5, 5.41) is 1.28. The number of ether oxygens (including phenoxy) is 1. The molecule has 1 amide bonds. The first-order valence-electron chi connectivity index (χ1n) is 9.79. The van der Waals surface area contributed by atoms with Crippen molar-refractivity contribution in [1.29, 1.82) is 0 Å². The van der Waals surface area contributed by atoms with Crippen molar-refractivity contribution in [1.82, 2.24) is 10.4 Å². The second-order valence-corrected chi connectivity index (χ2v) is 7.78. The number of hydrogen-bond acceptors (Lipinski definition) is 4. The highest BCUT2D eigenvalue weighted by Gasteiger charge is 2.39. The second-order valence-electron chi connectivity index (χ2n) is 7.37. The molecule has 1 aliphatic heterocycles. The summed E-state index contributed by atoms with van der Waals surface area (Å²) in [7, 11) is 0. The van der Waals surface area contributed by atoms with Gasteiger partial charge in [0.2, 0.25) is 5.91 Å². The fourth-order valence-electron chi connectivity index (χ4n) is 3.83. The molecular weight excluding hydrogens is 415 g/mol. The molecule has 162 valence electrons. The van der Waals surface area contributed by atoms with Gasteiger partial charge in [0, 0.05) is 36.5 Å². The maximum atomic E-state index is 14.3. The topological polar surface area (TPSA) is 67.6 Å². The molecule has 5 nitrogen and oxygen atoms in total. The van der Waals surface area contributed by atoms with Gasteiger partial charge in [-0.1, -0.05) is 12.2 Å². The number of amides is 1. The minimum Gasteiger partial charge on any atom is -0.497 e. The van der Waals surface area contributed by atoms with Crippen molar-refractivity contribution in [2.45, 2.75) is 38.6 Å². The number of rotatable bonds is 4. The third-order valence-electron chi connectivity index (χ3n) is 5.24. The van der Waals surface area contributed by atoms with Crippen molar-refractivity contribution in [2.75, 3.05) is 13.2 Å². The number of nitrogens with zero attached hydrogens (tertiary/aromatic N) is 1. The SMILES string of the molecule is CC(=O)N(NC(=S)c1ccc(F)cc1F)C1C2=C(CCCC(F)=C2)OCC1CCN. The quantitative estimate of drug-likeness (QED) is 0.554. The van der Waals surface area contributed by atoms with Crippen LogP contribution in [0.3, 0.4) is 0 Å². The van der Waals surface area contributed by atoms with E-state index in [1.54, 1.807) is 0 Å². The van der Waals surface area contributed by atoms with Crippen LogP contribution in [-0.4, -0.2) is 35.1 Å². The van der Waals surface area contributed by atoms with E-state index in [0.717, 1.165) is 12.1 Å². The van der Waals surface area contributed by atoms with Gasteiger partial charge in [0.15, 0.2) is 0 Å². The summed E-state index contributed by atoms with van der Waals surface area (Å²) in [5.74, 6) is -1.84.